The summed E-state index contributed by atoms with van der Waals surface area (Å²) in [7, 11) is 0. The van der Waals surface area contributed by atoms with Gasteiger partial charge in [0, 0.05) is 5.41 Å². The molecule has 0 radical (unpaired) electrons. The predicted octanol–water partition coefficient (Wildman–Crippen LogP) is 1.53. The molecule has 1 aliphatic heterocycles. The number of aliphatic carboxylic acids is 1. The minimum atomic E-state index is -1.05. The van der Waals surface area contributed by atoms with Crippen molar-refractivity contribution >= 4 is 11.9 Å². The summed E-state index contributed by atoms with van der Waals surface area (Å²) < 4.78 is 0. The van der Waals surface area contributed by atoms with Gasteiger partial charge in [-0.2, -0.15) is 0 Å². The number of amides is 1. The summed E-state index contributed by atoms with van der Waals surface area (Å²) in [5.41, 5.74) is -1.49. The Balaban J connectivity index is 2.11. The Morgan fingerprint density at radius 1 is 1.25 bits per heavy atom. The maximum atomic E-state index is 12.6. The first kappa shape index (κ1) is 15.3. The van der Waals surface area contributed by atoms with Gasteiger partial charge in [-0.25, -0.2) is 4.79 Å². The zero-order valence-electron chi connectivity index (χ0n) is 12.5. The van der Waals surface area contributed by atoms with Crippen LogP contribution in [0.4, 0.5) is 0 Å². The molecule has 0 aromatic rings. The van der Waals surface area contributed by atoms with Gasteiger partial charge in [-0.1, -0.05) is 26.7 Å². The lowest BCUT2D eigenvalue weighted by molar-refractivity contribution is -0.152. The van der Waals surface area contributed by atoms with E-state index < -0.39 is 16.9 Å². The normalized spacial score (nSPS) is 33.4. The van der Waals surface area contributed by atoms with Crippen LogP contribution in [0.5, 0.6) is 0 Å². The van der Waals surface area contributed by atoms with Gasteiger partial charge in [-0.05, 0) is 44.7 Å². The zero-order valence-corrected chi connectivity index (χ0v) is 12.5. The number of piperidine rings is 1. The van der Waals surface area contributed by atoms with Crippen molar-refractivity contribution in [2.75, 3.05) is 13.1 Å². The molecule has 0 bridgehead atoms. The average Bonchev–Trinajstić information content (AvgIpc) is 2.39. The van der Waals surface area contributed by atoms with Crippen LogP contribution in [-0.4, -0.2) is 35.6 Å². The number of carboxylic acid groups (broad SMARTS) is 1. The van der Waals surface area contributed by atoms with Gasteiger partial charge in [-0.15, -0.1) is 0 Å². The highest BCUT2D eigenvalue weighted by Gasteiger charge is 2.46. The smallest absolute Gasteiger partial charge is 0.329 e. The van der Waals surface area contributed by atoms with Crippen LogP contribution in [0.2, 0.25) is 0 Å². The number of carbonyl (C=O) groups excluding carboxylic acids is 1. The topological polar surface area (TPSA) is 78.4 Å². The van der Waals surface area contributed by atoms with Crippen molar-refractivity contribution in [2.45, 2.75) is 57.9 Å². The Morgan fingerprint density at radius 3 is 2.45 bits per heavy atom. The van der Waals surface area contributed by atoms with Gasteiger partial charge in [0.1, 0.15) is 5.54 Å². The molecule has 5 nitrogen and oxygen atoms in total. The largest absolute Gasteiger partial charge is 0.480 e. The maximum Gasteiger partial charge on any atom is 0.329 e. The number of hydrogen-bond donors (Lipinski definition) is 3. The first-order chi connectivity index (χ1) is 9.38. The summed E-state index contributed by atoms with van der Waals surface area (Å²) in [6.07, 6.45) is 4.54. The lowest BCUT2D eigenvalue weighted by Gasteiger charge is -2.41. The Kier molecular flexibility index (Phi) is 4.37. The van der Waals surface area contributed by atoms with Crippen LogP contribution >= 0.6 is 0 Å². The van der Waals surface area contributed by atoms with Crippen molar-refractivity contribution in [3.8, 4) is 0 Å². The first-order valence-corrected chi connectivity index (χ1v) is 7.65. The Bertz CT molecular complexity index is 391. The maximum absolute atomic E-state index is 12.6. The highest BCUT2D eigenvalue weighted by molar-refractivity contribution is 5.90. The zero-order chi connectivity index (χ0) is 14.8. The van der Waals surface area contributed by atoms with Crippen LogP contribution in [-0.2, 0) is 9.59 Å². The fraction of sp³-hybridized carbons (Fsp3) is 0.867. The Hall–Kier alpha value is -1.10. The molecule has 2 rings (SSSR count). The van der Waals surface area contributed by atoms with Crippen LogP contribution in [0.3, 0.4) is 0 Å². The van der Waals surface area contributed by atoms with E-state index in [-0.39, 0.29) is 5.91 Å². The van der Waals surface area contributed by atoms with E-state index in [1.54, 1.807) is 0 Å². The molecule has 2 unspecified atom stereocenters. The number of carboxylic acids is 1. The second-order valence-corrected chi connectivity index (χ2v) is 6.85. The predicted molar refractivity (Wildman–Crippen MR) is 76.4 cm³/mol. The molecule has 1 heterocycles. The summed E-state index contributed by atoms with van der Waals surface area (Å²) in [4.78, 5) is 24.3. The van der Waals surface area contributed by atoms with Crippen LogP contribution < -0.4 is 10.6 Å². The fourth-order valence-corrected chi connectivity index (χ4v) is 3.49. The summed E-state index contributed by atoms with van der Waals surface area (Å²) >= 11 is 0. The molecule has 0 aromatic heterocycles. The minimum Gasteiger partial charge on any atom is -0.480 e. The Morgan fingerprint density at radius 2 is 1.90 bits per heavy atom. The molecule has 1 saturated carbocycles. The number of nitrogens with one attached hydrogen (secondary N) is 2. The van der Waals surface area contributed by atoms with E-state index in [0.717, 1.165) is 38.8 Å². The van der Waals surface area contributed by atoms with Gasteiger partial charge in [0.25, 0.3) is 0 Å². The molecule has 114 valence electrons. The van der Waals surface area contributed by atoms with Crippen LogP contribution in [0.25, 0.3) is 0 Å². The lowest BCUT2D eigenvalue weighted by Crippen LogP contribution is -2.60. The molecule has 2 atom stereocenters. The number of carbonyl (C=O) groups is 2. The van der Waals surface area contributed by atoms with E-state index in [1.807, 2.05) is 6.92 Å². The highest BCUT2D eigenvalue weighted by Crippen LogP contribution is 2.35. The molecular formula is C15H26N2O3. The molecule has 2 fully saturated rings. The molecule has 1 saturated heterocycles. The Labute approximate surface area is 120 Å². The first-order valence-electron chi connectivity index (χ1n) is 7.65. The van der Waals surface area contributed by atoms with E-state index in [9.17, 15) is 14.7 Å². The van der Waals surface area contributed by atoms with Gasteiger partial charge in [-0.3, -0.25) is 4.79 Å². The van der Waals surface area contributed by atoms with E-state index >= 15 is 0 Å². The number of rotatable bonds is 3. The van der Waals surface area contributed by atoms with Crippen molar-refractivity contribution in [1.29, 1.82) is 0 Å². The standard InChI is InChI=1S/C15H26N2O3/c1-11-4-3-5-15(10-11,13(19)20)17-12(18)14(2)6-8-16-9-7-14/h11,16H,3-10H2,1-2H3,(H,17,18)(H,19,20). The summed E-state index contributed by atoms with van der Waals surface area (Å²) in [5, 5.41) is 15.8. The van der Waals surface area contributed by atoms with E-state index in [4.69, 9.17) is 0 Å². The van der Waals surface area contributed by atoms with Crippen molar-refractivity contribution in [1.82, 2.24) is 10.6 Å². The molecule has 20 heavy (non-hydrogen) atoms. The monoisotopic (exact) mass is 282 g/mol. The van der Waals surface area contributed by atoms with Crippen molar-refractivity contribution in [2.24, 2.45) is 11.3 Å². The molecular weight excluding hydrogens is 256 g/mol. The van der Waals surface area contributed by atoms with Gasteiger partial charge in [0.05, 0.1) is 0 Å². The van der Waals surface area contributed by atoms with Crippen molar-refractivity contribution < 1.29 is 14.7 Å². The molecule has 3 N–H and O–H groups in total. The third-order valence-electron chi connectivity index (χ3n) is 5.01. The van der Waals surface area contributed by atoms with Gasteiger partial charge in [0.15, 0.2) is 0 Å². The van der Waals surface area contributed by atoms with E-state index in [2.05, 4.69) is 17.6 Å². The quantitative estimate of drug-likeness (QED) is 0.733. The second kappa shape index (κ2) is 5.72. The molecule has 2 aliphatic rings. The van der Waals surface area contributed by atoms with Gasteiger partial charge >= 0.3 is 5.97 Å². The minimum absolute atomic E-state index is 0.0875. The molecule has 0 aromatic carbocycles. The van der Waals surface area contributed by atoms with E-state index in [0.29, 0.717) is 18.8 Å². The molecule has 0 spiro atoms. The molecule has 1 aliphatic carbocycles. The third kappa shape index (κ3) is 2.97. The average molecular weight is 282 g/mol. The number of hydrogen-bond acceptors (Lipinski definition) is 3. The van der Waals surface area contributed by atoms with Gasteiger partial charge in [0.2, 0.25) is 5.91 Å². The fourth-order valence-electron chi connectivity index (χ4n) is 3.49. The summed E-state index contributed by atoms with van der Waals surface area (Å²) in [6, 6.07) is 0. The van der Waals surface area contributed by atoms with Crippen molar-refractivity contribution in [3.63, 3.8) is 0 Å². The summed E-state index contributed by atoms with van der Waals surface area (Å²) in [6.45, 7) is 5.65. The molecule has 1 amide bonds. The van der Waals surface area contributed by atoms with Gasteiger partial charge < -0.3 is 15.7 Å². The van der Waals surface area contributed by atoms with Crippen LogP contribution in [0, 0.1) is 11.3 Å². The highest BCUT2D eigenvalue weighted by atomic mass is 16.4. The second-order valence-electron chi connectivity index (χ2n) is 6.85. The lowest BCUT2D eigenvalue weighted by atomic mass is 9.74. The van der Waals surface area contributed by atoms with Crippen LogP contribution in [0.1, 0.15) is 52.4 Å². The third-order valence-corrected chi connectivity index (χ3v) is 5.01. The summed E-state index contributed by atoms with van der Waals surface area (Å²) in [5.74, 6) is -0.619. The van der Waals surface area contributed by atoms with Crippen LogP contribution in [0.15, 0.2) is 0 Å². The van der Waals surface area contributed by atoms with Crippen molar-refractivity contribution in [3.05, 3.63) is 0 Å². The van der Waals surface area contributed by atoms with E-state index in [1.165, 1.54) is 0 Å². The molecule has 5 heteroatoms. The SMILES string of the molecule is CC1CCCC(NC(=O)C2(C)CCNCC2)(C(=O)O)C1.